The Labute approximate surface area is 197 Å². The van der Waals surface area contributed by atoms with Gasteiger partial charge in [-0.2, -0.15) is 0 Å². The molecule has 2 aromatic heterocycles. The average molecular weight is 504 g/mol. The molecule has 0 atom stereocenters. The van der Waals surface area contributed by atoms with Gasteiger partial charge in [0.25, 0.3) is 11.8 Å². The first-order valence-corrected chi connectivity index (χ1v) is 11.0. The summed E-state index contributed by atoms with van der Waals surface area (Å²) in [5.74, 6) is -0.950. The number of fused-ring (bicyclic) bond motifs is 1. The monoisotopic (exact) mass is 503 g/mol. The molecule has 1 aliphatic heterocycles. The lowest BCUT2D eigenvalue weighted by Crippen LogP contribution is -2.53. The van der Waals surface area contributed by atoms with E-state index in [1.165, 1.54) is 12.3 Å². The van der Waals surface area contributed by atoms with Crippen molar-refractivity contribution < 1.29 is 18.8 Å². The molecule has 1 N–H and O–H groups in total. The van der Waals surface area contributed by atoms with Crippen LogP contribution in [0.2, 0.25) is 0 Å². The fourth-order valence-corrected chi connectivity index (χ4v) is 4.24. The number of aromatic nitrogens is 1. The molecule has 1 aliphatic rings. The summed E-state index contributed by atoms with van der Waals surface area (Å²) >= 11 is 3.50. The van der Waals surface area contributed by atoms with Crippen LogP contribution in [0.1, 0.15) is 16.9 Å². The predicted molar refractivity (Wildman–Crippen MR) is 126 cm³/mol. The summed E-state index contributed by atoms with van der Waals surface area (Å²) in [6.45, 7) is 0.564. The minimum atomic E-state index is -0.771. The van der Waals surface area contributed by atoms with Crippen LogP contribution in [0.25, 0.3) is 17.0 Å². The summed E-state index contributed by atoms with van der Waals surface area (Å²) in [7, 11) is 0. The first kappa shape index (κ1) is 21.0. The second-order valence-corrected chi connectivity index (χ2v) is 8.56. The van der Waals surface area contributed by atoms with Crippen LogP contribution in [-0.2, 0) is 22.7 Å². The molecular weight excluding hydrogens is 486 g/mol. The molecule has 1 saturated heterocycles. The van der Waals surface area contributed by atoms with Crippen molar-refractivity contribution in [2.45, 2.75) is 13.1 Å². The van der Waals surface area contributed by atoms with E-state index in [1.54, 1.807) is 12.1 Å². The maximum atomic E-state index is 13.1. The van der Waals surface area contributed by atoms with Crippen molar-refractivity contribution in [2.75, 3.05) is 0 Å². The number of imide groups is 2. The van der Waals surface area contributed by atoms with Gasteiger partial charge in [0.1, 0.15) is 11.3 Å². The Bertz CT molecular complexity index is 1400. The number of hydrogen-bond donors (Lipinski definition) is 1. The lowest BCUT2D eigenvalue weighted by molar-refractivity contribution is -0.130. The van der Waals surface area contributed by atoms with Gasteiger partial charge in [0.15, 0.2) is 0 Å². The zero-order valence-electron chi connectivity index (χ0n) is 17.3. The van der Waals surface area contributed by atoms with Gasteiger partial charge in [0.2, 0.25) is 0 Å². The second-order valence-electron chi connectivity index (χ2n) is 7.65. The summed E-state index contributed by atoms with van der Waals surface area (Å²) in [6.07, 6.45) is 4.91. The molecule has 8 heteroatoms. The lowest BCUT2D eigenvalue weighted by Gasteiger charge is -2.25. The number of nitrogens with zero attached hydrogens (tertiary/aromatic N) is 2. The maximum Gasteiger partial charge on any atom is 0.331 e. The average Bonchev–Trinajstić information content (AvgIpc) is 3.43. The number of hydrogen-bond acceptors (Lipinski definition) is 4. The number of rotatable bonds is 5. The van der Waals surface area contributed by atoms with Crippen molar-refractivity contribution in [1.82, 2.24) is 14.8 Å². The van der Waals surface area contributed by atoms with Crippen molar-refractivity contribution in [1.29, 1.82) is 0 Å². The Morgan fingerprint density at radius 3 is 2.55 bits per heavy atom. The van der Waals surface area contributed by atoms with Crippen LogP contribution in [0.15, 0.2) is 87.6 Å². The molecule has 0 bridgehead atoms. The van der Waals surface area contributed by atoms with Gasteiger partial charge in [-0.15, -0.1) is 0 Å². The van der Waals surface area contributed by atoms with Gasteiger partial charge in [-0.1, -0.05) is 46.3 Å². The van der Waals surface area contributed by atoms with Gasteiger partial charge in [-0.25, -0.2) is 4.79 Å². The van der Waals surface area contributed by atoms with Crippen LogP contribution in [0.4, 0.5) is 4.79 Å². The largest absolute Gasteiger partial charge is 0.467 e. The van der Waals surface area contributed by atoms with Gasteiger partial charge in [-0.05, 0) is 42.0 Å². The van der Waals surface area contributed by atoms with Crippen LogP contribution in [-0.4, -0.2) is 27.3 Å². The van der Waals surface area contributed by atoms with Crippen molar-refractivity contribution in [3.63, 3.8) is 0 Å². The first-order valence-electron chi connectivity index (χ1n) is 10.2. The third-order valence-corrected chi connectivity index (χ3v) is 5.94. The highest BCUT2D eigenvalue weighted by molar-refractivity contribution is 9.10. The summed E-state index contributed by atoms with van der Waals surface area (Å²) in [5.41, 5.74) is 2.67. The molecular formula is C25H18BrN3O4. The van der Waals surface area contributed by atoms with Crippen molar-refractivity contribution >= 4 is 50.8 Å². The fourth-order valence-electron chi connectivity index (χ4n) is 3.87. The van der Waals surface area contributed by atoms with E-state index >= 15 is 0 Å². The van der Waals surface area contributed by atoms with E-state index in [9.17, 15) is 14.4 Å². The summed E-state index contributed by atoms with van der Waals surface area (Å²) < 4.78 is 8.20. The number of halogens is 1. The molecule has 0 saturated carbocycles. The van der Waals surface area contributed by atoms with E-state index < -0.39 is 17.8 Å². The van der Waals surface area contributed by atoms with Crippen LogP contribution >= 0.6 is 15.9 Å². The highest BCUT2D eigenvalue weighted by Crippen LogP contribution is 2.29. The van der Waals surface area contributed by atoms with E-state index in [-0.39, 0.29) is 12.1 Å². The standard InChI is InChI=1S/C25H18BrN3O4/c26-18-8-9-22-20(12-18)17(14-28(22)13-16-5-2-1-3-6-16)11-21-23(30)27-25(32)29(24(21)31)15-19-7-4-10-33-19/h1-12,14H,13,15H2,(H,27,30,32)/b21-11+. The molecule has 4 aromatic rings. The molecule has 5 rings (SSSR count). The molecule has 7 nitrogen and oxygen atoms in total. The predicted octanol–water partition coefficient (Wildman–Crippen LogP) is 4.71. The number of benzene rings is 2. The van der Waals surface area contributed by atoms with Gasteiger partial charge in [0, 0.05) is 33.7 Å². The Balaban J connectivity index is 1.55. The van der Waals surface area contributed by atoms with E-state index in [0.717, 1.165) is 25.8 Å². The molecule has 2 aromatic carbocycles. The molecule has 0 aliphatic carbocycles. The number of furan rings is 1. The summed E-state index contributed by atoms with van der Waals surface area (Å²) in [6, 6.07) is 18.5. The topological polar surface area (TPSA) is 84.6 Å². The van der Waals surface area contributed by atoms with Gasteiger partial charge in [0.05, 0.1) is 12.8 Å². The maximum absolute atomic E-state index is 13.1. The Hall–Kier alpha value is -3.91. The van der Waals surface area contributed by atoms with Crippen molar-refractivity contribution in [2.24, 2.45) is 0 Å². The van der Waals surface area contributed by atoms with Gasteiger partial charge < -0.3 is 8.98 Å². The Morgan fingerprint density at radius 1 is 0.970 bits per heavy atom. The molecule has 3 heterocycles. The smallest absolute Gasteiger partial charge is 0.331 e. The quantitative estimate of drug-likeness (QED) is 0.315. The second kappa shape index (κ2) is 8.55. The fraction of sp³-hybridized carbons (Fsp3) is 0.0800. The van der Waals surface area contributed by atoms with Crippen LogP contribution < -0.4 is 5.32 Å². The lowest BCUT2D eigenvalue weighted by atomic mass is 10.1. The van der Waals surface area contributed by atoms with Crippen LogP contribution in [0.3, 0.4) is 0 Å². The zero-order valence-corrected chi connectivity index (χ0v) is 18.9. The number of urea groups is 1. The van der Waals surface area contributed by atoms with E-state index in [0.29, 0.717) is 17.9 Å². The Morgan fingerprint density at radius 2 is 1.79 bits per heavy atom. The molecule has 0 radical (unpaired) electrons. The van der Waals surface area contributed by atoms with Gasteiger partial charge >= 0.3 is 6.03 Å². The number of carbonyl (C=O) groups excluding carboxylic acids is 3. The molecule has 0 spiro atoms. The molecule has 33 heavy (non-hydrogen) atoms. The number of carbonyl (C=O) groups is 3. The third kappa shape index (κ3) is 4.12. The number of amides is 4. The number of nitrogens with one attached hydrogen (secondary N) is 1. The number of barbiturate groups is 1. The molecule has 0 unspecified atom stereocenters. The first-order chi connectivity index (χ1) is 16.0. The summed E-state index contributed by atoms with van der Waals surface area (Å²) in [5, 5.41) is 3.13. The van der Waals surface area contributed by atoms with E-state index in [2.05, 4.69) is 25.8 Å². The summed E-state index contributed by atoms with van der Waals surface area (Å²) in [4.78, 5) is 38.9. The zero-order chi connectivity index (χ0) is 22.9. The molecule has 164 valence electrons. The van der Waals surface area contributed by atoms with Crippen molar-refractivity contribution in [3.8, 4) is 0 Å². The highest BCUT2D eigenvalue weighted by atomic mass is 79.9. The molecule has 4 amide bonds. The van der Waals surface area contributed by atoms with E-state index in [4.69, 9.17) is 4.42 Å². The van der Waals surface area contributed by atoms with Crippen LogP contribution in [0.5, 0.6) is 0 Å². The molecule has 1 fully saturated rings. The highest BCUT2D eigenvalue weighted by Gasteiger charge is 2.36. The van der Waals surface area contributed by atoms with Crippen LogP contribution in [0, 0.1) is 0 Å². The van der Waals surface area contributed by atoms with Gasteiger partial charge in [-0.3, -0.25) is 19.8 Å². The minimum Gasteiger partial charge on any atom is -0.467 e. The van der Waals surface area contributed by atoms with E-state index in [1.807, 2.05) is 54.7 Å². The third-order valence-electron chi connectivity index (χ3n) is 5.45. The SMILES string of the molecule is O=C1NC(=O)N(Cc2ccco2)C(=O)/C1=C/c1cn(Cc2ccccc2)c2ccc(Br)cc12. The Kier molecular flexibility index (Phi) is 5.43. The minimum absolute atomic E-state index is 0.0659. The van der Waals surface area contributed by atoms with Crippen molar-refractivity contribution in [3.05, 3.63) is 100 Å². The normalized spacial score (nSPS) is 15.5.